The van der Waals surface area contributed by atoms with Crippen LogP contribution in [0.4, 0.5) is 0 Å². The monoisotopic (exact) mass is 380 g/mol. The molecule has 0 spiro atoms. The Morgan fingerprint density at radius 3 is 2.73 bits per heavy atom. The molecule has 1 aliphatic rings. The van der Waals surface area contributed by atoms with Gasteiger partial charge in [0.15, 0.2) is 11.5 Å². The molecule has 1 aromatic heterocycles. The lowest BCUT2D eigenvalue weighted by Gasteiger charge is -2.32. The number of nitrogens with one attached hydrogen (secondary N) is 2. The lowest BCUT2D eigenvalue weighted by molar-refractivity contribution is 0.0692. The molecule has 1 amide bonds. The summed E-state index contributed by atoms with van der Waals surface area (Å²) in [5.74, 6) is 1.27. The highest BCUT2D eigenvalue weighted by molar-refractivity contribution is 5.93. The maximum atomic E-state index is 12.7. The van der Waals surface area contributed by atoms with E-state index in [1.54, 1.807) is 20.3 Å². The fourth-order valence-corrected chi connectivity index (χ4v) is 3.14. The van der Waals surface area contributed by atoms with Crippen LogP contribution in [-0.4, -0.2) is 61.4 Å². The molecule has 1 saturated heterocycles. The molecule has 2 N–H and O–H groups in total. The van der Waals surface area contributed by atoms with Gasteiger partial charge in [0.25, 0.3) is 5.91 Å². The number of aromatic nitrogens is 2. The Bertz CT molecular complexity index is 750. The minimum absolute atomic E-state index is 0. The molecule has 0 bridgehead atoms. The number of carbonyl (C=O) groups is 1. The minimum Gasteiger partial charge on any atom is -0.493 e. The second kappa shape index (κ2) is 8.91. The second-order valence-electron chi connectivity index (χ2n) is 6.12. The van der Waals surface area contributed by atoms with E-state index >= 15 is 0 Å². The van der Waals surface area contributed by atoms with E-state index in [1.165, 1.54) is 0 Å². The van der Waals surface area contributed by atoms with E-state index in [4.69, 9.17) is 9.47 Å². The number of H-pyrrole nitrogens is 1. The van der Waals surface area contributed by atoms with Crippen molar-refractivity contribution in [2.75, 3.05) is 34.4 Å². The standard InChI is InChI=1S/C18H24N4O3.ClH/c1-19-13-5-4-8-22(11-13)18(23)15-10-14(20-21-15)12-6-7-16(24-2)17(9-12)25-3;/h6-7,9-10,13,19H,4-5,8,11H2,1-3H3,(H,20,21);1H. The van der Waals surface area contributed by atoms with Gasteiger partial charge in [-0.05, 0) is 44.2 Å². The van der Waals surface area contributed by atoms with Crippen LogP contribution >= 0.6 is 12.4 Å². The van der Waals surface area contributed by atoms with Crippen LogP contribution in [0.1, 0.15) is 23.3 Å². The quantitative estimate of drug-likeness (QED) is 0.832. The molecule has 1 atom stereocenters. The number of hydrogen-bond donors (Lipinski definition) is 2. The zero-order valence-corrected chi connectivity index (χ0v) is 16.1. The number of likely N-dealkylation sites (tertiary alicyclic amines) is 1. The molecule has 1 fully saturated rings. The summed E-state index contributed by atoms with van der Waals surface area (Å²) >= 11 is 0. The third kappa shape index (κ3) is 4.11. The molecule has 1 unspecified atom stereocenters. The number of likely N-dealkylation sites (N-methyl/N-ethyl adjacent to an activating group) is 1. The van der Waals surface area contributed by atoms with Gasteiger partial charge in [-0.3, -0.25) is 9.89 Å². The number of halogens is 1. The van der Waals surface area contributed by atoms with Crippen LogP contribution in [0.25, 0.3) is 11.3 Å². The van der Waals surface area contributed by atoms with Crippen LogP contribution in [0.2, 0.25) is 0 Å². The van der Waals surface area contributed by atoms with E-state index < -0.39 is 0 Å². The molecule has 0 aliphatic carbocycles. The Hall–Kier alpha value is -2.25. The maximum absolute atomic E-state index is 12.7. The summed E-state index contributed by atoms with van der Waals surface area (Å²) in [5.41, 5.74) is 2.06. The maximum Gasteiger partial charge on any atom is 0.271 e. The molecular formula is C18H25ClN4O3. The number of hydrogen-bond acceptors (Lipinski definition) is 5. The fourth-order valence-electron chi connectivity index (χ4n) is 3.14. The number of benzene rings is 1. The first-order valence-corrected chi connectivity index (χ1v) is 8.40. The number of aromatic amines is 1. The minimum atomic E-state index is -0.0147. The Balaban J connectivity index is 0.00000243. The number of amides is 1. The highest BCUT2D eigenvalue weighted by Gasteiger charge is 2.25. The van der Waals surface area contributed by atoms with Crippen LogP contribution in [0.3, 0.4) is 0 Å². The van der Waals surface area contributed by atoms with Crippen molar-refractivity contribution >= 4 is 18.3 Å². The van der Waals surface area contributed by atoms with E-state index in [-0.39, 0.29) is 18.3 Å². The Kier molecular flexibility index (Phi) is 6.88. The lowest BCUT2D eigenvalue weighted by Crippen LogP contribution is -2.47. The van der Waals surface area contributed by atoms with Gasteiger partial charge in [-0.15, -0.1) is 12.4 Å². The lowest BCUT2D eigenvalue weighted by atomic mass is 10.1. The Morgan fingerprint density at radius 1 is 1.27 bits per heavy atom. The first kappa shape index (κ1) is 20.1. The molecule has 2 heterocycles. The molecule has 3 rings (SSSR count). The summed E-state index contributed by atoms with van der Waals surface area (Å²) in [6, 6.07) is 7.70. The third-order valence-electron chi connectivity index (χ3n) is 4.60. The zero-order chi connectivity index (χ0) is 17.8. The molecule has 7 nitrogen and oxygen atoms in total. The van der Waals surface area contributed by atoms with Gasteiger partial charge in [-0.2, -0.15) is 5.10 Å². The molecule has 1 aliphatic heterocycles. The highest BCUT2D eigenvalue weighted by Crippen LogP contribution is 2.31. The molecule has 0 saturated carbocycles. The number of ether oxygens (including phenoxy) is 2. The number of rotatable bonds is 5. The predicted molar refractivity (Wildman–Crippen MR) is 102 cm³/mol. The summed E-state index contributed by atoms with van der Waals surface area (Å²) in [6.07, 6.45) is 2.11. The van der Waals surface area contributed by atoms with Crippen molar-refractivity contribution in [3.05, 3.63) is 30.0 Å². The van der Waals surface area contributed by atoms with Crippen molar-refractivity contribution in [3.63, 3.8) is 0 Å². The summed E-state index contributed by atoms with van der Waals surface area (Å²) in [5, 5.41) is 10.4. The first-order chi connectivity index (χ1) is 12.2. The highest BCUT2D eigenvalue weighted by atomic mass is 35.5. The summed E-state index contributed by atoms with van der Waals surface area (Å²) < 4.78 is 10.6. The van der Waals surface area contributed by atoms with Crippen molar-refractivity contribution in [2.24, 2.45) is 0 Å². The summed E-state index contributed by atoms with van der Waals surface area (Å²) in [6.45, 7) is 1.50. The van der Waals surface area contributed by atoms with E-state index in [0.717, 1.165) is 31.5 Å². The number of methoxy groups -OCH3 is 2. The number of nitrogens with zero attached hydrogens (tertiary/aromatic N) is 2. The van der Waals surface area contributed by atoms with Crippen LogP contribution in [0.15, 0.2) is 24.3 Å². The van der Waals surface area contributed by atoms with Crippen LogP contribution in [0, 0.1) is 0 Å². The molecule has 8 heteroatoms. The van der Waals surface area contributed by atoms with Crippen molar-refractivity contribution < 1.29 is 14.3 Å². The average Bonchev–Trinajstić information content (AvgIpc) is 3.17. The zero-order valence-electron chi connectivity index (χ0n) is 15.2. The van der Waals surface area contributed by atoms with Crippen LogP contribution < -0.4 is 14.8 Å². The smallest absolute Gasteiger partial charge is 0.271 e. The Labute approximate surface area is 159 Å². The summed E-state index contributed by atoms with van der Waals surface area (Å²) in [4.78, 5) is 14.6. The largest absolute Gasteiger partial charge is 0.493 e. The van der Waals surface area contributed by atoms with Crippen molar-refractivity contribution in [1.82, 2.24) is 20.4 Å². The third-order valence-corrected chi connectivity index (χ3v) is 4.60. The van der Waals surface area contributed by atoms with Gasteiger partial charge in [0, 0.05) is 24.7 Å². The van der Waals surface area contributed by atoms with Gasteiger partial charge >= 0.3 is 0 Å². The first-order valence-electron chi connectivity index (χ1n) is 8.40. The topological polar surface area (TPSA) is 79.5 Å². The van der Waals surface area contributed by atoms with E-state index in [9.17, 15) is 4.79 Å². The van der Waals surface area contributed by atoms with Gasteiger partial charge in [0.05, 0.1) is 19.9 Å². The van der Waals surface area contributed by atoms with E-state index in [0.29, 0.717) is 28.9 Å². The molecule has 142 valence electrons. The van der Waals surface area contributed by atoms with Gasteiger partial charge in [-0.25, -0.2) is 0 Å². The van der Waals surface area contributed by atoms with Gasteiger partial charge in [0.2, 0.25) is 0 Å². The predicted octanol–water partition coefficient (Wildman–Crippen LogP) is 2.34. The fraction of sp³-hybridized carbons (Fsp3) is 0.444. The summed E-state index contributed by atoms with van der Waals surface area (Å²) in [7, 11) is 5.12. The Morgan fingerprint density at radius 2 is 2.04 bits per heavy atom. The van der Waals surface area contributed by atoms with Crippen molar-refractivity contribution in [3.8, 4) is 22.8 Å². The van der Waals surface area contributed by atoms with E-state index in [1.807, 2.05) is 30.1 Å². The van der Waals surface area contributed by atoms with Gasteiger partial charge in [-0.1, -0.05) is 0 Å². The normalized spacial score (nSPS) is 16.7. The second-order valence-corrected chi connectivity index (χ2v) is 6.12. The number of carbonyl (C=O) groups excluding carboxylic acids is 1. The van der Waals surface area contributed by atoms with Crippen molar-refractivity contribution in [1.29, 1.82) is 0 Å². The van der Waals surface area contributed by atoms with E-state index in [2.05, 4.69) is 15.5 Å². The van der Waals surface area contributed by atoms with Crippen molar-refractivity contribution in [2.45, 2.75) is 18.9 Å². The van der Waals surface area contributed by atoms with Gasteiger partial charge in [0.1, 0.15) is 5.69 Å². The molecule has 1 aromatic carbocycles. The molecule has 2 aromatic rings. The van der Waals surface area contributed by atoms with Gasteiger partial charge < -0.3 is 19.7 Å². The van der Waals surface area contributed by atoms with Crippen LogP contribution in [-0.2, 0) is 0 Å². The SMILES string of the molecule is CNC1CCCN(C(=O)c2cc(-c3ccc(OC)c(OC)c3)n[nH]2)C1.Cl. The molecule has 0 radical (unpaired) electrons. The average molecular weight is 381 g/mol. The molecular weight excluding hydrogens is 356 g/mol. The number of piperidine rings is 1. The molecule has 26 heavy (non-hydrogen) atoms. The van der Waals surface area contributed by atoms with Crippen LogP contribution in [0.5, 0.6) is 11.5 Å².